The molecule has 0 saturated heterocycles. The molecule has 35 heavy (non-hydrogen) atoms. The van der Waals surface area contributed by atoms with Crippen molar-refractivity contribution in [3.8, 4) is 6.07 Å². The third-order valence-electron chi connectivity index (χ3n) is 6.02. The van der Waals surface area contributed by atoms with E-state index in [0.717, 1.165) is 6.07 Å². The quantitative estimate of drug-likeness (QED) is 0.387. The van der Waals surface area contributed by atoms with Gasteiger partial charge in [0.15, 0.2) is 0 Å². The molecule has 188 valence electrons. The lowest BCUT2D eigenvalue weighted by molar-refractivity contribution is -0.137. The number of halogens is 5. The maximum Gasteiger partial charge on any atom is 0.417 e. The number of aryl methyl sites for hydroxylation is 1. The van der Waals surface area contributed by atoms with Gasteiger partial charge in [-0.15, -0.1) is 0 Å². The molecule has 1 amide bonds. The molecular formula is C25H27F5N4O. The molecule has 1 saturated carbocycles. The smallest absolute Gasteiger partial charge is 0.385 e. The van der Waals surface area contributed by atoms with Gasteiger partial charge in [-0.3, -0.25) is 4.79 Å². The topological polar surface area (TPSA) is 76.9 Å². The van der Waals surface area contributed by atoms with E-state index in [0.29, 0.717) is 42.6 Å². The number of carbonyl (C=O) groups excluding carboxylic acids is 1. The van der Waals surface area contributed by atoms with Gasteiger partial charge in [0.1, 0.15) is 6.07 Å². The van der Waals surface area contributed by atoms with Gasteiger partial charge in [-0.25, -0.2) is 8.78 Å². The molecule has 10 heteroatoms. The SMILES string of the molecule is Cc1cc(NC2CCC(NC(=O)c3ccc(NCCC(F)F)cc3)CC2)cc(C(F)(F)F)c1C#N. The maximum absolute atomic E-state index is 13.3. The standard InChI is InChI=1S/C25H27F5N4O/c1-15-12-20(13-22(21(15)14-31)25(28,29)30)33-18-6-8-19(9-7-18)34-24(35)16-2-4-17(5-3-16)32-11-10-23(26)27/h2-5,12-13,18-19,23,32-33H,6-11H2,1H3,(H,34,35). The molecule has 2 aromatic carbocycles. The molecule has 0 radical (unpaired) electrons. The lowest BCUT2D eigenvalue weighted by atomic mass is 9.90. The monoisotopic (exact) mass is 494 g/mol. The van der Waals surface area contributed by atoms with Crippen LogP contribution >= 0.6 is 0 Å². The van der Waals surface area contributed by atoms with E-state index in [-0.39, 0.29) is 42.1 Å². The maximum atomic E-state index is 13.3. The number of hydrogen-bond donors (Lipinski definition) is 3. The van der Waals surface area contributed by atoms with Crippen LogP contribution in [0.15, 0.2) is 36.4 Å². The van der Waals surface area contributed by atoms with Crippen LogP contribution in [0.2, 0.25) is 0 Å². The second kappa shape index (κ2) is 11.4. The number of hydrogen-bond acceptors (Lipinski definition) is 4. The molecule has 2 aromatic rings. The highest BCUT2D eigenvalue weighted by atomic mass is 19.4. The van der Waals surface area contributed by atoms with E-state index >= 15 is 0 Å². The predicted molar refractivity (Wildman–Crippen MR) is 124 cm³/mol. The van der Waals surface area contributed by atoms with E-state index < -0.39 is 18.2 Å². The normalized spacial score (nSPS) is 18.1. The second-order valence-electron chi connectivity index (χ2n) is 8.68. The highest BCUT2D eigenvalue weighted by Gasteiger charge is 2.35. The molecule has 3 rings (SSSR count). The summed E-state index contributed by atoms with van der Waals surface area (Å²) >= 11 is 0. The summed E-state index contributed by atoms with van der Waals surface area (Å²) in [6, 6.07) is 10.6. The summed E-state index contributed by atoms with van der Waals surface area (Å²) < 4.78 is 64.5. The van der Waals surface area contributed by atoms with Crippen molar-refractivity contribution in [1.82, 2.24) is 5.32 Å². The lowest BCUT2D eigenvalue weighted by Gasteiger charge is -2.30. The molecule has 1 fully saturated rings. The van der Waals surface area contributed by atoms with E-state index in [2.05, 4.69) is 16.0 Å². The highest BCUT2D eigenvalue weighted by Crippen LogP contribution is 2.36. The number of alkyl halides is 5. The van der Waals surface area contributed by atoms with Crippen LogP contribution in [0.5, 0.6) is 0 Å². The van der Waals surface area contributed by atoms with Gasteiger partial charge in [0.25, 0.3) is 5.91 Å². The first kappa shape index (κ1) is 26.3. The molecule has 0 heterocycles. The van der Waals surface area contributed by atoms with E-state index in [4.69, 9.17) is 5.26 Å². The summed E-state index contributed by atoms with van der Waals surface area (Å²) in [6.07, 6.45) is -4.58. The molecule has 0 aromatic heterocycles. The number of amides is 1. The predicted octanol–water partition coefficient (Wildman–Crippen LogP) is 6.11. The first-order valence-electron chi connectivity index (χ1n) is 11.4. The Balaban J connectivity index is 1.51. The van der Waals surface area contributed by atoms with Crippen LogP contribution in [0.4, 0.5) is 33.3 Å². The number of benzene rings is 2. The summed E-state index contributed by atoms with van der Waals surface area (Å²) in [6.45, 7) is 1.62. The van der Waals surface area contributed by atoms with Crippen molar-refractivity contribution in [3.05, 3.63) is 58.7 Å². The van der Waals surface area contributed by atoms with Crippen LogP contribution < -0.4 is 16.0 Å². The van der Waals surface area contributed by atoms with Gasteiger partial charge in [-0.05, 0) is 74.6 Å². The minimum atomic E-state index is -4.62. The Labute approximate surface area is 200 Å². The van der Waals surface area contributed by atoms with Crippen molar-refractivity contribution in [3.63, 3.8) is 0 Å². The number of nitrogens with one attached hydrogen (secondary N) is 3. The fourth-order valence-electron chi connectivity index (χ4n) is 4.19. The van der Waals surface area contributed by atoms with Gasteiger partial charge in [0.05, 0.1) is 11.1 Å². The zero-order valence-electron chi connectivity index (χ0n) is 19.2. The van der Waals surface area contributed by atoms with Gasteiger partial charge in [-0.2, -0.15) is 18.4 Å². The molecule has 0 spiro atoms. The average molecular weight is 495 g/mol. The van der Waals surface area contributed by atoms with E-state index in [1.807, 2.05) is 0 Å². The lowest BCUT2D eigenvalue weighted by Crippen LogP contribution is -2.40. The zero-order valence-corrected chi connectivity index (χ0v) is 19.2. The Bertz CT molecular complexity index is 1060. The van der Waals surface area contributed by atoms with Crippen LogP contribution in [-0.4, -0.2) is 31.0 Å². The number of rotatable bonds is 8. The molecule has 1 aliphatic rings. The fraction of sp³-hybridized carbons (Fsp3) is 0.440. The van der Waals surface area contributed by atoms with Crippen LogP contribution in [0.25, 0.3) is 0 Å². The minimum absolute atomic E-state index is 0.0461. The number of anilines is 2. The second-order valence-corrected chi connectivity index (χ2v) is 8.68. The molecule has 0 bridgehead atoms. The Kier molecular flexibility index (Phi) is 8.54. The van der Waals surface area contributed by atoms with Crippen LogP contribution in [0, 0.1) is 18.3 Å². The van der Waals surface area contributed by atoms with Crippen molar-refractivity contribution < 1.29 is 26.7 Å². The first-order chi connectivity index (χ1) is 16.6. The van der Waals surface area contributed by atoms with E-state index in [1.54, 1.807) is 36.4 Å². The highest BCUT2D eigenvalue weighted by molar-refractivity contribution is 5.94. The summed E-state index contributed by atoms with van der Waals surface area (Å²) in [5.74, 6) is -0.238. The van der Waals surface area contributed by atoms with Gasteiger partial charge in [0, 0.05) is 42.0 Å². The summed E-state index contributed by atoms with van der Waals surface area (Å²) in [7, 11) is 0. The largest absolute Gasteiger partial charge is 0.417 e. The van der Waals surface area contributed by atoms with Crippen LogP contribution in [0.3, 0.4) is 0 Å². The van der Waals surface area contributed by atoms with Crippen molar-refractivity contribution in [2.75, 3.05) is 17.2 Å². The average Bonchev–Trinajstić information content (AvgIpc) is 2.79. The van der Waals surface area contributed by atoms with Gasteiger partial charge >= 0.3 is 6.18 Å². The van der Waals surface area contributed by atoms with E-state index in [1.165, 1.54) is 6.92 Å². The molecule has 3 N–H and O–H groups in total. The molecule has 5 nitrogen and oxygen atoms in total. The molecular weight excluding hydrogens is 467 g/mol. The Morgan fingerprint density at radius 1 is 1.06 bits per heavy atom. The molecule has 0 atom stereocenters. The van der Waals surface area contributed by atoms with Crippen molar-refractivity contribution in [2.24, 2.45) is 0 Å². The minimum Gasteiger partial charge on any atom is -0.385 e. The third-order valence-corrected chi connectivity index (χ3v) is 6.02. The number of nitrogens with zero attached hydrogens (tertiary/aromatic N) is 1. The summed E-state index contributed by atoms with van der Waals surface area (Å²) in [5.41, 5.74) is 0.382. The third kappa shape index (κ3) is 7.31. The van der Waals surface area contributed by atoms with Gasteiger partial charge in [0.2, 0.25) is 6.43 Å². The Morgan fingerprint density at radius 3 is 2.26 bits per heavy atom. The van der Waals surface area contributed by atoms with Crippen molar-refractivity contribution >= 4 is 17.3 Å². The fourth-order valence-corrected chi connectivity index (χ4v) is 4.19. The molecule has 0 aliphatic heterocycles. The zero-order chi connectivity index (χ0) is 25.6. The van der Waals surface area contributed by atoms with E-state index in [9.17, 15) is 26.7 Å². The Hall–Kier alpha value is -3.35. The number of nitriles is 1. The molecule has 0 unspecified atom stereocenters. The number of carbonyl (C=O) groups is 1. The molecule has 1 aliphatic carbocycles. The van der Waals surface area contributed by atoms with Crippen molar-refractivity contribution in [2.45, 2.75) is 63.7 Å². The van der Waals surface area contributed by atoms with Crippen LogP contribution in [0.1, 0.15) is 59.2 Å². The summed E-state index contributed by atoms with van der Waals surface area (Å²) in [5, 5.41) is 18.1. The van der Waals surface area contributed by atoms with Crippen LogP contribution in [-0.2, 0) is 6.18 Å². The summed E-state index contributed by atoms with van der Waals surface area (Å²) in [4.78, 5) is 12.6. The first-order valence-corrected chi connectivity index (χ1v) is 11.4. The van der Waals surface area contributed by atoms with Gasteiger partial charge in [-0.1, -0.05) is 0 Å². The Morgan fingerprint density at radius 2 is 1.69 bits per heavy atom. The van der Waals surface area contributed by atoms with Crippen molar-refractivity contribution in [1.29, 1.82) is 5.26 Å². The van der Waals surface area contributed by atoms with Gasteiger partial charge < -0.3 is 16.0 Å².